The first kappa shape index (κ1) is 12.1. The Balaban J connectivity index is 2.07. The maximum absolute atomic E-state index is 11.9. The van der Waals surface area contributed by atoms with Crippen LogP contribution in [0.5, 0.6) is 0 Å². The summed E-state index contributed by atoms with van der Waals surface area (Å²) in [7, 11) is 0. The number of nitrogens with zero attached hydrogens (tertiary/aromatic N) is 1. The molecular weight excluding hydrogens is 256 g/mol. The van der Waals surface area contributed by atoms with Crippen molar-refractivity contribution in [1.29, 1.82) is 0 Å². The van der Waals surface area contributed by atoms with Gasteiger partial charge < -0.3 is 10.4 Å². The van der Waals surface area contributed by atoms with Crippen LogP contribution in [-0.2, 0) is 4.79 Å². The number of aliphatic imine (C=N–C) groups is 1. The predicted octanol–water partition coefficient (Wildman–Crippen LogP) is 2.46. The molecule has 2 aromatic carbocycles. The number of carboxylic acid groups (broad SMARTS) is 1. The molecule has 98 valence electrons. The van der Waals surface area contributed by atoms with Gasteiger partial charge in [0.05, 0.1) is 16.9 Å². The van der Waals surface area contributed by atoms with E-state index in [4.69, 9.17) is 5.11 Å². The number of amides is 1. The van der Waals surface area contributed by atoms with Crippen molar-refractivity contribution in [2.45, 2.75) is 0 Å². The standard InChI is InChI=1S/C15H10N2O3/c18-14-13(11-6-1-2-7-12(11)17-14)16-10-5-3-4-9(8-10)15(19)20/h1-8H,(H,19,20)(H,16,17,18). The lowest BCUT2D eigenvalue weighted by Gasteiger charge is -1.99. The summed E-state index contributed by atoms with van der Waals surface area (Å²) in [6.07, 6.45) is 0. The van der Waals surface area contributed by atoms with Crippen LogP contribution in [0.3, 0.4) is 0 Å². The molecule has 0 atom stereocenters. The van der Waals surface area contributed by atoms with E-state index < -0.39 is 5.97 Å². The Labute approximate surface area is 114 Å². The third-order valence-corrected chi connectivity index (χ3v) is 2.98. The number of hydrogen-bond acceptors (Lipinski definition) is 3. The molecule has 0 unspecified atom stereocenters. The molecule has 1 aliphatic heterocycles. The molecule has 0 spiro atoms. The van der Waals surface area contributed by atoms with Crippen molar-refractivity contribution in [2.75, 3.05) is 5.32 Å². The molecule has 0 saturated carbocycles. The molecular formula is C15H10N2O3. The number of anilines is 1. The Morgan fingerprint density at radius 2 is 1.90 bits per heavy atom. The Hall–Kier alpha value is -2.95. The lowest BCUT2D eigenvalue weighted by Crippen LogP contribution is -2.13. The molecule has 20 heavy (non-hydrogen) atoms. The summed E-state index contributed by atoms with van der Waals surface area (Å²) in [5.41, 5.74) is 2.30. The van der Waals surface area contributed by atoms with Gasteiger partial charge >= 0.3 is 5.97 Å². The van der Waals surface area contributed by atoms with E-state index >= 15 is 0 Å². The van der Waals surface area contributed by atoms with Crippen LogP contribution < -0.4 is 5.32 Å². The van der Waals surface area contributed by atoms with E-state index in [9.17, 15) is 9.59 Å². The van der Waals surface area contributed by atoms with Crippen LogP contribution in [0.4, 0.5) is 11.4 Å². The van der Waals surface area contributed by atoms with Crippen molar-refractivity contribution in [3.8, 4) is 0 Å². The second-order valence-electron chi connectivity index (χ2n) is 4.32. The zero-order chi connectivity index (χ0) is 14.1. The van der Waals surface area contributed by atoms with Gasteiger partial charge in [-0.3, -0.25) is 4.79 Å². The second kappa shape index (κ2) is 4.62. The monoisotopic (exact) mass is 266 g/mol. The number of aromatic carboxylic acids is 1. The van der Waals surface area contributed by atoms with E-state index in [0.29, 0.717) is 17.1 Å². The largest absolute Gasteiger partial charge is 0.478 e. The zero-order valence-electron chi connectivity index (χ0n) is 10.3. The van der Waals surface area contributed by atoms with Gasteiger partial charge in [0.15, 0.2) is 0 Å². The van der Waals surface area contributed by atoms with E-state index in [1.54, 1.807) is 24.3 Å². The summed E-state index contributed by atoms with van der Waals surface area (Å²) in [6, 6.07) is 13.4. The predicted molar refractivity (Wildman–Crippen MR) is 74.7 cm³/mol. The molecule has 5 nitrogen and oxygen atoms in total. The molecule has 1 heterocycles. The molecule has 1 amide bonds. The minimum absolute atomic E-state index is 0.138. The highest BCUT2D eigenvalue weighted by molar-refractivity contribution is 6.54. The van der Waals surface area contributed by atoms with Gasteiger partial charge in [-0.25, -0.2) is 9.79 Å². The van der Waals surface area contributed by atoms with Crippen LogP contribution in [0.25, 0.3) is 0 Å². The number of nitrogens with one attached hydrogen (secondary N) is 1. The molecule has 0 radical (unpaired) electrons. The average molecular weight is 266 g/mol. The fourth-order valence-corrected chi connectivity index (χ4v) is 2.05. The van der Waals surface area contributed by atoms with Gasteiger partial charge in [0.2, 0.25) is 0 Å². The summed E-state index contributed by atoms with van der Waals surface area (Å²) in [5.74, 6) is -1.31. The average Bonchev–Trinajstić information content (AvgIpc) is 2.76. The molecule has 2 aromatic rings. The van der Waals surface area contributed by atoms with E-state index in [-0.39, 0.29) is 11.5 Å². The maximum Gasteiger partial charge on any atom is 0.335 e. The topological polar surface area (TPSA) is 78.8 Å². The SMILES string of the molecule is O=C1Nc2ccccc2/C1=N/c1cccc(C(=O)O)c1. The van der Waals surface area contributed by atoms with E-state index in [2.05, 4.69) is 10.3 Å². The molecule has 0 saturated heterocycles. The van der Waals surface area contributed by atoms with Crippen molar-refractivity contribution in [1.82, 2.24) is 0 Å². The molecule has 3 rings (SSSR count). The van der Waals surface area contributed by atoms with Crippen molar-refractivity contribution < 1.29 is 14.7 Å². The van der Waals surface area contributed by atoms with Crippen molar-refractivity contribution in [3.63, 3.8) is 0 Å². The van der Waals surface area contributed by atoms with Crippen molar-refractivity contribution in [2.24, 2.45) is 4.99 Å². The molecule has 0 aliphatic carbocycles. The Bertz CT molecular complexity index is 750. The summed E-state index contributed by atoms with van der Waals surface area (Å²) in [5, 5.41) is 11.7. The first-order valence-corrected chi connectivity index (χ1v) is 5.98. The van der Waals surface area contributed by atoms with Crippen LogP contribution in [0, 0.1) is 0 Å². The number of carbonyl (C=O) groups excluding carboxylic acids is 1. The molecule has 0 bridgehead atoms. The number of carboxylic acids is 1. The van der Waals surface area contributed by atoms with Crippen LogP contribution in [0.1, 0.15) is 15.9 Å². The number of benzene rings is 2. The van der Waals surface area contributed by atoms with Gasteiger partial charge in [0.1, 0.15) is 5.71 Å². The van der Waals surface area contributed by atoms with Crippen LogP contribution in [0.2, 0.25) is 0 Å². The summed E-state index contributed by atoms with van der Waals surface area (Å²) < 4.78 is 0. The molecule has 5 heteroatoms. The van der Waals surface area contributed by atoms with E-state index in [0.717, 1.165) is 5.56 Å². The van der Waals surface area contributed by atoms with Crippen LogP contribution in [0.15, 0.2) is 53.5 Å². The van der Waals surface area contributed by atoms with Gasteiger partial charge in [-0.05, 0) is 24.3 Å². The van der Waals surface area contributed by atoms with Crippen LogP contribution >= 0.6 is 0 Å². The smallest absolute Gasteiger partial charge is 0.335 e. The quantitative estimate of drug-likeness (QED) is 0.876. The highest BCUT2D eigenvalue weighted by Gasteiger charge is 2.25. The van der Waals surface area contributed by atoms with Gasteiger partial charge in [0.25, 0.3) is 5.91 Å². The Morgan fingerprint density at radius 3 is 2.70 bits per heavy atom. The first-order chi connectivity index (χ1) is 9.65. The highest BCUT2D eigenvalue weighted by atomic mass is 16.4. The van der Waals surface area contributed by atoms with Gasteiger partial charge in [-0.2, -0.15) is 0 Å². The third kappa shape index (κ3) is 2.05. The first-order valence-electron chi connectivity index (χ1n) is 5.98. The lowest BCUT2D eigenvalue weighted by molar-refractivity contribution is -0.110. The normalized spacial score (nSPS) is 15.0. The maximum atomic E-state index is 11.9. The fourth-order valence-electron chi connectivity index (χ4n) is 2.05. The minimum Gasteiger partial charge on any atom is -0.478 e. The Kier molecular flexibility index (Phi) is 2.80. The van der Waals surface area contributed by atoms with Crippen molar-refractivity contribution >= 4 is 29.0 Å². The number of para-hydroxylation sites is 1. The van der Waals surface area contributed by atoms with Crippen molar-refractivity contribution in [3.05, 3.63) is 59.7 Å². The number of fused-ring (bicyclic) bond motifs is 1. The Morgan fingerprint density at radius 1 is 1.10 bits per heavy atom. The lowest BCUT2D eigenvalue weighted by atomic mass is 10.1. The van der Waals surface area contributed by atoms with E-state index in [1.807, 2.05) is 12.1 Å². The third-order valence-electron chi connectivity index (χ3n) is 2.98. The van der Waals surface area contributed by atoms with Gasteiger partial charge in [-0.15, -0.1) is 0 Å². The number of rotatable bonds is 2. The summed E-state index contributed by atoms with van der Waals surface area (Å²) in [4.78, 5) is 27.1. The highest BCUT2D eigenvalue weighted by Crippen LogP contribution is 2.25. The van der Waals surface area contributed by atoms with Gasteiger partial charge in [0, 0.05) is 5.56 Å². The molecule has 0 aromatic heterocycles. The molecule has 0 fully saturated rings. The van der Waals surface area contributed by atoms with E-state index in [1.165, 1.54) is 12.1 Å². The zero-order valence-corrected chi connectivity index (χ0v) is 10.3. The number of hydrogen-bond donors (Lipinski definition) is 2. The molecule has 1 aliphatic rings. The van der Waals surface area contributed by atoms with Gasteiger partial charge in [-0.1, -0.05) is 24.3 Å². The number of carbonyl (C=O) groups is 2. The summed E-state index contributed by atoms with van der Waals surface area (Å²) in [6.45, 7) is 0. The molecule has 2 N–H and O–H groups in total. The fraction of sp³-hybridized carbons (Fsp3) is 0. The minimum atomic E-state index is -1.02. The summed E-state index contributed by atoms with van der Waals surface area (Å²) >= 11 is 0. The van der Waals surface area contributed by atoms with Crippen LogP contribution in [-0.4, -0.2) is 22.7 Å². The second-order valence-corrected chi connectivity index (χ2v) is 4.32.